The van der Waals surface area contributed by atoms with E-state index in [9.17, 15) is 9.90 Å². The Bertz CT molecular complexity index is 1130. The standard InChI is InChI=1S/C28H34N2O2/c1-4-11-20-16-17-27(6-3,28(29,18-23(31)32)21-13-8-7-9-14-21)26-24(20)22-15-10-12-19(5-2)25(22)30-26/h4,7-10,12-15,20,30H,1,5-6,11,16-18,29H2,2-3H3,(H,31,32)/t20?,27-,28?/m0/s1. The average molecular weight is 431 g/mol. The van der Waals surface area contributed by atoms with Gasteiger partial charge in [-0.15, -0.1) is 6.58 Å². The number of nitrogens with two attached hydrogens (primary N) is 1. The van der Waals surface area contributed by atoms with E-state index in [4.69, 9.17) is 5.73 Å². The van der Waals surface area contributed by atoms with Crippen molar-refractivity contribution < 1.29 is 9.90 Å². The van der Waals surface area contributed by atoms with Crippen molar-refractivity contribution in [2.24, 2.45) is 5.73 Å². The SMILES string of the molecule is C=CCC1CC[C@](CC)(C(N)(CC(=O)O)c2ccccc2)c2[nH]c3c(CC)cccc3c21. The van der Waals surface area contributed by atoms with Gasteiger partial charge in [0.15, 0.2) is 0 Å². The number of carboxylic acids is 1. The predicted octanol–water partition coefficient (Wildman–Crippen LogP) is 6.16. The van der Waals surface area contributed by atoms with Gasteiger partial charge < -0.3 is 15.8 Å². The monoisotopic (exact) mass is 430 g/mol. The summed E-state index contributed by atoms with van der Waals surface area (Å²) in [5.41, 5.74) is 11.5. The molecule has 0 saturated heterocycles. The van der Waals surface area contributed by atoms with Gasteiger partial charge in [-0.3, -0.25) is 4.79 Å². The second-order valence-electron chi connectivity index (χ2n) is 9.21. The number of fused-ring (bicyclic) bond motifs is 3. The summed E-state index contributed by atoms with van der Waals surface area (Å²) < 4.78 is 0. The van der Waals surface area contributed by atoms with Crippen LogP contribution in [0.3, 0.4) is 0 Å². The van der Waals surface area contributed by atoms with Gasteiger partial charge in [-0.05, 0) is 54.7 Å². The maximum atomic E-state index is 12.1. The first-order chi connectivity index (χ1) is 15.4. The molecule has 4 rings (SSSR count). The minimum Gasteiger partial charge on any atom is -0.481 e. The van der Waals surface area contributed by atoms with Crippen LogP contribution in [0.2, 0.25) is 0 Å². The summed E-state index contributed by atoms with van der Waals surface area (Å²) in [6.45, 7) is 8.33. The number of carbonyl (C=O) groups is 1. The predicted molar refractivity (Wildman–Crippen MR) is 131 cm³/mol. The number of para-hydroxylation sites is 1. The third-order valence-electron chi connectivity index (χ3n) is 7.78. The zero-order valence-electron chi connectivity index (χ0n) is 19.2. The topological polar surface area (TPSA) is 79.1 Å². The number of benzene rings is 2. The molecule has 0 spiro atoms. The molecule has 3 aromatic rings. The highest BCUT2D eigenvalue weighted by atomic mass is 16.4. The number of rotatable bonds is 8. The second kappa shape index (κ2) is 8.59. The van der Waals surface area contributed by atoms with E-state index in [1.807, 2.05) is 36.4 Å². The third-order valence-corrected chi connectivity index (χ3v) is 7.78. The maximum absolute atomic E-state index is 12.1. The van der Waals surface area contributed by atoms with E-state index in [0.29, 0.717) is 5.92 Å². The number of aromatic amines is 1. The van der Waals surface area contributed by atoms with E-state index in [1.165, 1.54) is 22.0 Å². The van der Waals surface area contributed by atoms with Gasteiger partial charge in [-0.25, -0.2) is 0 Å². The van der Waals surface area contributed by atoms with Crippen molar-refractivity contribution in [1.29, 1.82) is 0 Å². The van der Waals surface area contributed by atoms with Crippen molar-refractivity contribution in [1.82, 2.24) is 4.98 Å². The summed E-state index contributed by atoms with van der Waals surface area (Å²) in [7, 11) is 0. The Morgan fingerprint density at radius 3 is 2.62 bits per heavy atom. The number of hydrogen-bond acceptors (Lipinski definition) is 2. The summed E-state index contributed by atoms with van der Waals surface area (Å²) in [6.07, 6.45) is 6.27. The minimum absolute atomic E-state index is 0.119. The number of allylic oxidation sites excluding steroid dienone is 1. The molecule has 0 bridgehead atoms. The van der Waals surface area contributed by atoms with Gasteiger partial charge in [0, 0.05) is 22.0 Å². The van der Waals surface area contributed by atoms with Gasteiger partial charge in [0.05, 0.1) is 12.0 Å². The molecule has 1 aliphatic rings. The Labute approximate surface area is 190 Å². The van der Waals surface area contributed by atoms with E-state index in [-0.39, 0.29) is 6.42 Å². The molecule has 1 heterocycles. The fourth-order valence-corrected chi connectivity index (χ4v) is 6.16. The van der Waals surface area contributed by atoms with E-state index < -0.39 is 16.9 Å². The lowest BCUT2D eigenvalue weighted by atomic mass is 9.55. The molecular formula is C28H34N2O2. The van der Waals surface area contributed by atoms with Crippen LogP contribution in [0.5, 0.6) is 0 Å². The quantitative estimate of drug-likeness (QED) is 0.374. The summed E-state index contributed by atoms with van der Waals surface area (Å²) in [5.74, 6) is -0.516. The largest absolute Gasteiger partial charge is 0.481 e. The molecule has 0 radical (unpaired) electrons. The fraction of sp³-hybridized carbons (Fsp3) is 0.393. The Morgan fingerprint density at radius 2 is 2.00 bits per heavy atom. The van der Waals surface area contributed by atoms with Gasteiger partial charge in [-0.2, -0.15) is 0 Å². The van der Waals surface area contributed by atoms with Crippen molar-refractivity contribution in [3.8, 4) is 0 Å². The van der Waals surface area contributed by atoms with Crippen LogP contribution in [-0.4, -0.2) is 16.1 Å². The van der Waals surface area contributed by atoms with Crippen LogP contribution < -0.4 is 5.73 Å². The van der Waals surface area contributed by atoms with E-state index >= 15 is 0 Å². The highest BCUT2D eigenvalue weighted by Crippen LogP contribution is 2.56. The number of aliphatic carboxylic acids is 1. The van der Waals surface area contributed by atoms with Crippen LogP contribution >= 0.6 is 0 Å². The molecule has 4 nitrogen and oxygen atoms in total. The van der Waals surface area contributed by atoms with E-state index in [0.717, 1.165) is 43.4 Å². The molecule has 2 aromatic carbocycles. The molecule has 1 aliphatic carbocycles. The van der Waals surface area contributed by atoms with Crippen LogP contribution in [0.25, 0.3) is 10.9 Å². The second-order valence-corrected chi connectivity index (χ2v) is 9.21. The molecule has 0 fully saturated rings. The minimum atomic E-state index is -1.03. The van der Waals surface area contributed by atoms with Crippen molar-refractivity contribution in [2.45, 2.75) is 69.2 Å². The first-order valence-corrected chi connectivity index (χ1v) is 11.7. The zero-order valence-corrected chi connectivity index (χ0v) is 19.2. The van der Waals surface area contributed by atoms with Crippen LogP contribution in [-0.2, 0) is 22.2 Å². The molecule has 0 saturated carbocycles. The van der Waals surface area contributed by atoms with Gasteiger partial charge >= 0.3 is 5.97 Å². The smallest absolute Gasteiger partial charge is 0.305 e. The van der Waals surface area contributed by atoms with E-state index in [2.05, 4.69) is 43.6 Å². The number of aryl methyl sites for hydroxylation is 1. The van der Waals surface area contributed by atoms with Crippen LogP contribution in [0.4, 0.5) is 0 Å². The molecule has 1 aromatic heterocycles. The van der Waals surface area contributed by atoms with Gasteiger partial charge in [0.1, 0.15) is 0 Å². The molecule has 4 heteroatoms. The van der Waals surface area contributed by atoms with Crippen molar-refractivity contribution in [3.05, 3.63) is 83.6 Å². The molecule has 3 atom stereocenters. The first-order valence-electron chi connectivity index (χ1n) is 11.7. The van der Waals surface area contributed by atoms with Gasteiger partial charge in [0.25, 0.3) is 0 Å². The molecular weight excluding hydrogens is 396 g/mol. The zero-order chi connectivity index (χ0) is 22.9. The number of hydrogen-bond donors (Lipinski definition) is 3. The summed E-state index contributed by atoms with van der Waals surface area (Å²) in [6, 6.07) is 16.3. The number of carboxylic acid groups (broad SMARTS) is 1. The third kappa shape index (κ3) is 3.29. The lowest BCUT2D eigenvalue weighted by Gasteiger charge is -2.51. The number of nitrogens with one attached hydrogen (secondary N) is 1. The van der Waals surface area contributed by atoms with E-state index in [1.54, 1.807) is 0 Å². The highest BCUT2D eigenvalue weighted by Gasteiger charge is 2.55. The number of aromatic nitrogens is 1. The Hall–Kier alpha value is -2.85. The van der Waals surface area contributed by atoms with Crippen molar-refractivity contribution >= 4 is 16.9 Å². The fourth-order valence-electron chi connectivity index (χ4n) is 6.16. The molecule has 168 valence electrons. The van der Waals surface area contributed by atoms with Crippen molar-refractivity contribution in [2.75, 3.05) is 0 Å². The van der Waals surface area contributed by atoms with Crippen LogP contribution in [0.1, 0.15) is 74.3 Å². The van der Waals surface area contributed by atoms with Crippen molar-refractivity contribution in [3.63, 3.8) is 0 Å². The van der Waals surface area contributed by atoms with Crippen LogP contribution in [0, 0.1) is 0 Å². The Kier molecular flexibility index (Phi) is 6.00. The number of H-pyrrole nitrogens is 1. The normalized spacial score (nSPS) is 22.3. The van der Waals surface area contributed by atoms with Gasteiger partial charge in [0.2, 0.25) is 0 Å². The van der Waals surface area contributed by atoms with Gasteiger partial charge in [-0.1, -0.05) is 68.5 Å². The maximum Gasteiger partial charge on any atom is 0.305 e. The summed E-state index contributed by atoms with van der Waals surface area (Å²) in [4.78, 5) is 15.9. The molecule has 2 unspecified atom stereocenters. The lowest BCUT2D eigenvalue weighted by molar-refractivity contribution is -0.139. The Morgan fingerprint density at radius 1 is 1.25 bits per heavy atom. The lowest BCUT2D eigenvalue weighted by Crippen LogP contribution is -2.58. The first kappa shape index (κ1) is 22.3. The molecule has 0 amide bonds. The Balaban J connectivity index is 2.06. The summed E-state index contributed by atoms with van der Waals surface area (Å²) in [5, 5.41) is 11.2. The summed E-state index contributed by atoms with van der Waals surface area (Å²) >= 11 is 0. The molecule has 4 N–H and O–H groups in total. The molecule has 0 aliphatic heterocycles. The molecule has 32 heavy (non-hydrogen) atoms. The average Bonchev–Trinajstić information content (AvgIpc) is 3.20. The van der Waals surface area contributed by atoms with Crippen LogP contribution in [0.15, 0.2) is 61.2 Å². The highest BCUT2D eigenvalue weighted by molar-refractivity contribution is 5.89.